The third-order valence-electron chi connectivity index (χ3n) is 5.59. The molecule has 3 heterocycles. The van der Waals surface area contributed by atoms with E-state index in [1.54, 1.807) is 13.3 Å². The van der Waals surface area contributed by atoms with Crippen LogP contribution in [0.15, 0.2) is 6.20 Å². The first-order valence-electron chi connectivity index (χ1n) is 8.64. The molecule has 6 nitrogen and oxygen atoms in total. The molecule has 0 radical (unpaired) electrons. The number of H-pyrrole nitrogens is 1. The number of imidazole rings is 1. The maximum Gasteiger partial charge on any atom is 0.272 e. The molecule has 1 amide bonds. The van der Waals surface area contributed by atoms with Gasteiger partial charge < -0.3 is 14.6 Å². The van der Waals surface area contributed by atoms with Crippen LogP contribution in [0, 0.1) is 18.8 Å². The molecule has 1 atom stereocenters. The Hall–Kier alpha value is -1.40. The van der Waals surface area contributed by atoms with Gasteiger partial charge in [0.1, 0.15) is 11.5 Å². The lowest BCUT2D eigenvalue weighted by atomic mass is 9.84. The van der Waals surface area contributed by atoms with Gasteiger partial charge in [0.05, 0.1) is 18.3 Å². The second-order valence-corrected chi connectivity index (χ2v) is 7.64. The smallest absolute Gasteiger partial charge is 0.272 e. The molecular weight excluding hydrogens is 292 g/mol. The number of rotatable bonds is 5. The first-order valence-corrected chi connectivity index (χ1v) is 8.64. The average Bonchev–Trinajstić information content (AvgIpc) is 3.07. The number of aromatic nitrogens is 2. The second kappa shape index (κ2) is 5.60. The topological polar surface area (TPSA) is 61.5 Å². The van der Waals surface area contributed by atoms with E-state index in [1.165, 1.54) is 19.4 Å². The van der Waals surface area contributed by atoms with Gasteiger partial charge >= 0.3 is 0 Å². The number of hydrogen-bond donors (Lipinski definition) is 1. The minimum atomic E-state index is 0.0813. The van der Waals surface area contributed by atoms with Crippen molar-refractivity contribution in [2.75, 3.05) is 39.9 Å². The quantitative estimate of drug-likeness (QED) is 0.889. The van der Waals surface area contributed by atoms with Crippen molar-refractivity contribution in [3.63, 3.8) is 0 Å². The van der Waals surface area contributed by atoms with E-state index in [0.29, 0.717) is 11.6 Å². The fraction of sp³-hybridized carbons (Fsp3) is 0.765. The summed E-state index contributed by atoms with van der Waals surface area (Å²) in [4.78, 5) is 24.3. The van der Waals surface area contributed by atoms with Crippen LogP contribution >= 0.6 is 0 Å². The SMILES string of the molecule is COC[C@@H]1CN(CC2CC2)C2(C1)CN(C(=O)c1cnc(C)[nH]1)C2. The lowest BCUT2D eigenvalue weighted by Gasteiger charge is -2.53. The van der Waals surface area contributed by atoms with Crippen molar-refractivity contribution < 1.29 is 9.53 Å². The Labute approximate surface area is 137 Å². The maximum atomic E-state index is 12.5. The normalized spacial score (nSPS) is 26.7. The van der Waals surface area contributed by atoms with Crippen LogP contribution in [0.4, 0.5) is 0 Å². The van der Waals surface area contributed by atoms with Gasteiger partial charge in [-0.15, -0.1) is 0 Å². The van der Waals surface area contributed by atoms with Gasteiger partial charge in [0.15, 0.2) is 0 Å². The summed E-state index contributed by atoms with van der Waals surface area (Å²) >= 11 is 0. The molecule has 0 bridgehead atoms. The minimum Gasteiger partial charge on any atom is -0.384 e. The number of carbonyl (C=O) groups is 1. The van der Waals surface area contributed by atoms with Crippen molar-refractivity contribution in [3.05, 3.63) is 17.7 Å². The molecule has 1 aromatic heterocycles. The Morgan fingerprint density at radius 3 is 2.83 bits per heavy atom. The van der Waals surface area contributed by atoms with Crippen LogP contribution in [0.1, 0.15) is 35.6 Å². The van der Waals surface area contributed by atoms with Crippen molar-refractivity contribution in [2.45, 2.75) is 31.7 Å². The van der Waals surface area contributed by atoms with E-state index < -0.39 is 0 Å². The highest BCUT2D eigenvalue weighted by molar-refractivity contribution is 5.93. The van der Waals surface area contributed by atoms with E-state index in [4.69, 9.17) is 4.74 Å². The molecule has 0 aromatic carbocycles. The zero-order valence-electron chi connectivity index (χ0n) is 14.0. The number of hydrogen-bond acceptors (Lipinski definition) is 4. The predicted molar refractivity (Wildman–Crippen MR) is 86.2 cm³/mol. The van der Waals surface area contributed by atoms with Crippen LogP contribution in [0.2, 0.25) is 0 Å². The molecule has 3 fully saturated rings. The van der Waals surface area contributed by atoms with E-state index >= 15 is 0 Å². The van der Waals surface area contributed by atoms with Crippen LogP contribution in [0.25, 0.3) is 0 Å². The Morgan fingerprint density at radius 1 is 1.43 bits per heavy atom. The van der Waals surface area contributed by atoms with Crippen molar-refractivity contribution in [1.82, 2.24) is 19.8 Å². The highest BCUT2D eigenvalue weighted by Crippen LogP contribution is 2.43. The zero-order chi connectivity index (χ0) is 16.0. The van der Waals surface area contributed by atoms with Gasteiger partial charge in [-0.1, -0.05) is 0 Å². The molecule has 1 aliphatic carbocycles. The summed E-state index contributed by atoms with van der Waals surface area (Å²) in [7, 11) is 1.79. The van der Waals surface area contributed by atoms with E-state index in [1.807, 2.05) is 11.8 Å². The van der Waals surface area contributed by atoms with Gasteiger partial charge in [0.2, 0.25) is 0 Å². The van der Waals surface area contributed by atoms with Crippen LogP contribution < -0.4 is 0 Å². The molecule has 1 spiro atoms. The summed E-state index contributed by atoms with van der Waals surface area (Å²) in [5, 5.41) is 0. The summed E-state index contributed by atoms with van der Waals surface area (Å²) in [5.74, 6) is 2.36. The number of nitrogens with one attached hydrogen (secondary N) is 1. The van der Waals surface area contributed by atoms with Gasteiger partial charge in [-0.3, -0.25) is 9.69 Å². The van der Waals surface area contributed by atoms with Crippen molar-refractivity contribution in [3.8, 4) is 0 Å². The molecule has 6 heteroatoms. The van der Waals surface area contributed by atoms with Gasteiger partial charge in [-0.25, -0.2) is 4.98 Å². The third kappa shape index (κ3) is 2.78. The van der Waals surface area contributed by atoms with Crippen LogP contribution in [-0.4, -0.2) is 71.1 Å². The fourth-order valence-electron chi connectivity index (χ4n) is 4.30. The first kappa shape index (κ1) is 15.1. The van der Waals surface area contributed by atoms with Gasteiger partial charge in [0, 0.05) is 33.3 Å². The summed E-state index contributed by atoms with van der Waals surface area (Å²) in [5.41, 5.74) is 0.800. The summed E-state index contributed by atoms with van der Waals surface area (Å²) in [6.45, 7) is 6.71. The lowest BCUT2D eigenvalue weighted by molar-refractivity contribution is -0.0203. The maximum absolute atomic E-state index is 12.5. The predicted octanol–water partition coefficient (Wildman–Crippen LogP) is 1.29. The number of methoxy groups -OCH3 is 1. The van der Waals surface area contributed by atoms with Crippen molar-refractivity contribution >= 4 is 5.91 Å². The summed E-state index contributed by atoms with van der Waals surface area (Å²) in [6, 6.07) is 0. The summed E-state index contributed by atoms with van der Waals surface area (Å²) in [6.07, 6.45) is 5.54. The molecule has 1 N–H and O–H groups in total. The number of aromatic amines is 1. The average molecular weight is 318 g/mol. The highest BCUT2D eigenvalue weighted by atomic mass is 16.5. The van der Waals surface area contributed by atoms with E-state index in [9.17, 15) is 4.79 Å². The van der Waals surface area contributed by atoms with Crippen LogP contribution in [0.3, 0.4) is 0 Å². The molecule has 4 rings (SSSR count). The summed E-state index contributed by atoms with van der Waals surface area (Å²) < 4.78 is 5.38. The molecule has 2 saturated heterocycles. The number of nitrogens with zero attached hydrogens (tertiary/aromatic N) is 3. The largest absolute Gasteiger partial charge is 0.384 e. The monoisotopic (exact) mass is 318 g/mol. The molecule has 0 unspecified atom stereocenters. The van der Waals surface area contributed by atoms with Crippen LogP contribution in [-0.2, 0) is 4.74 Å². The molecule has 23 heavy (non-hydrogen) atoms. The number of ether oxygens (including phenoxy) is 1. The molecule has 2 aliphatic heterocycles. The van der Waals surface area contributed by atoms with Crippen LogP contribution in [0.5, 0.6) is 0 Å². The fourth-order valence-corrected chi connectivity index (χ4v) is 4.30. The molecule has 126 valence electrons. The third-order valence-corrected chi connectivity index (χ3v) is 5.59. The Bertz CT molecular complexity index is 589. The Morgan fingerprint density at radius 2 is 2.22 bits per heavy atom. The first-order chi connectivity index (χ1) is 11.1. The number of carbonyl (C=O) groups excluding carboxylic acids is 1. The van der Waals surface area contributed by atoms with Crippen molar-refractivity contribution in [2.24, 2.45) is 11.8 Å². The van der Waals surface area contributed by atoms with Gasteiger partial charge in [-0.05, 0) is 38.0 Å². The number of aryl methyl sites for hydroxylation is 1. The number of likely N-dealkylation sites (tertiary alicyclic amines) is 2. The molecule has 3 aliphatic rings. The molecular formula is C17H26N4O2. The molecule has 1 saturated carbocycles. The highest BCUT2D eigenvalue weighted by Gasteiger charge is 2.55. The van der Waals surface area contributed by atoms with E-state index in [0.717, 1.165) is 44.4 Å². The van der Waals surface area contributed by atoms with Crippen molar-refractivity contribution in [1.29, 1.82) is 0 Å². The van der Waals surface area contributed by atoms with Gasteiger partial charge in [0.25, 0.3) is 5.91 Å². The minimum absolute atomic E-state index is 0.0813. The van der Waals surface area contributed by atoms with E-state index in [-0.39, 0.29) is 11.4 Å². The zero-order valence-corrected chi connectivity index (χ0v) is 14.0. The Balaban J connectivity index is 1.42. The Kier molecular flexibility index (Phi) is 3.69. The number of amides is 1. The standard InChI is InChI=1S/C17H26N4O2/c1-12-18-6-15(19-12)16(22)20-10-17(11-20)5-14(9-23-2)8-21(17)7-13-3-4-13/h6,13-14H,3-5,7-11H2,1-2H3,(H,18,19)/t14-/m0/s1. The lowest BCUT2D eigenvalue weighted by Crippen LogP contribution is -2.69. The second-order valence-electron chi connectivity index (χ2n) is 7.64. The van der Waals surface area contributed by atoms with E-state index in [2.05, 4.69) is 14.9 Å². The molecule has 1 aromatic rings. The van der Waals surface area contributed by atoms with Gasteiger partial charge in [-0.2, -0.15) is 0 Å².